The summed E-state index contributed by atoms with van der Waals surface area (Å²) in [6.45, 7) is 4.46. The topological polar surface area (TPSA) is 126 Å². The number of nitrogens with one attached hydrogen (secondary N) is 4. The number of aryl methyl sites for hydroxylation is 1. The van der Waals surface area contributed by atoms with E-state index in [1.807, 2.05) is 30.3 Å². The molecule has 2 aliphatic rings. The summed E-state index contributed by atoms with van der Waals surface area (Å²) >= 11 is 0. The Hall–Kier alpha value is -3.89. The number of hydrogen-bond acceptors (Lipinski definition) is 8. The molecular formula is C27H34N10. The first kappa shape index (κ1) is 23.5. The molecule has 6 N–H and O–H groups in total. The van der Waals surface area contributed by atoms with Crippen molar-refractivity contribution in [1.82, 2.24) is 35.4 Å². The van der Waals surface area contributed by atoms with Gasteiger partial charge in [0, 0.05) is 62.7 Å². The molecule has 4 heterocycles. The number of H-pyrrole nitrogens is 2. The quantitative estimate of drug-likeness (QED) is 0.277. The summed E-state index contributed by atoms with van der Waals surface area (Å²) in [6, 6.07) is 16.4. The highest BCUT2D eigenvalue weighted by molar-refractivity contribution is 5.97. The Kier molecular flexibility index (Phi) is 6.27. The molecule has 2 aliphatic heterocycles. The third kappa shape index (κ3) is 5.16. The van der Waals surface area contributed by atoms with Crippen LogP contribution in [0.1, 0.15) is 17.8 Å². The third-order valence-electron chi connectivity index (χ3n) is 7.18. The van der Waals surface area contributed by atoms with Gasteiger partial charge in [0.2, 0.25) is 11.9 Å². The van der Waals surface area contributed by atoms with Gasteiger partial charge in [-0.15, -0.1) is 0 Å². The van der Waals surface area contributed by atoms with Crippen LogP contribution in [0, 0.1) is 0 Å². The van der Waals surface area contributed by atoms with Crippen molar-refractivity contribution in [3.05, 3.63) is 66.1 Å². The van der Waals surface area contributed by atoms with Gasteiger partial charge in [0.05, 0.1) is 11.0 Å². The van der Waals surface area contributed by atoms with Crippen LogP contribution in [-0.4, -0.2) is 82.2 Å². The average molecular weight is 499 g/mol. The van der Waals surface area contributed by atoms with Crippen molar-refractivity contribution in [2.24, 2.45) is 15.7 Å². The molecule has 10 heteroatoms. The lowest BCUT2D eigenvalue weighted by molar-refractivity contribution is 0.205. The number of hydrogen-bond donors (Lipinski definition) is 5. The number of likely N-dealkylation sites (N-methyl/N-ethyl adjacent to an activating group) is 1. The first-order valence-corrected chi connectivity index (χ1v) is 13.0. The normalized spacial score (nSPS) is 20.6. The molecule has 0 aliphatic carbocycles. The molecule has 1 saturated heterocycles. The molecule has 0 amide bonds. The van der Waals surface area contributed by atoms with Crippen molar-refractivity contribution in [3.8, 4) is 0 Å². The number of aromatic nitrogens is 3. The van der Waals surface area contributed by atoms with Crippen LogP contribution in [0.25, 0.3) is 21.9 Å². The van der Waals surface area contributed by atoms with Crippen molar-refractivity contribution in [2.75, 3.05) is 39.8 Å². The van der Waals surface area contributed by atoms with Gasteiger partial charge in [-0.25, -0.2) is 9.98 Å². The molecular weight excluding hydrogens is 464 g/mol. The minimum atomic E-state index is -0.984. The molecule has 0 saturated carbocycles. The number of imidazole rings is 1. The molecule has 10 nitrogen and oxygen atoms in total. The highest BCUT2D eigenvalue weighted by atomic mass is 15.5. The number of nitrogens with zero attached hydrogens (tertiary/aromatic N) is 5. The van der Waals surface area contributed by atoms with E-state index in [1.54, 1.807) is 0 Å². The lowest BCUT2D eigenvalue weighted by Crippen LogP contribution is -2.63. The highest BCUT2D eigenvalue weighted by Gasteiger charge is 2.33. The van der Waals surface area contributed by atoms with Crippen LogP contribution in [0.2, 0.25) is 0 Å². The molecule has 6 rings (SSSR count). The van der Waals surface area contributed by atoms with Gasteiger partial charge >= 0.3 is 0 Å². The Balaban J connectivity index is 1.18. The second kappa shape index (κ2) is 9.87. The number of guanidine groups is 2. The molecule has 2 aromatic carbocycles. The van der Waals surface area contributed by atoms with Crippen molar-refractivity contribution >= 4 is 33.9 Å². The number of aliphatic imine (C=N–C) groups is 2. The number of para-hydroxylation sites is 3. The minimum absolute atomic E-state index is 0.569. The summed E-state index contributed by atoms with van der Waals surface area (Å²) < 4.78 is 0. The van der Waals surface area contributed by atoms with Gasteiger partial charge in [0.1, 0.15) is 5.82 Å². The Morgan fingerprint density at radius 1 is 1.00 bits per heavy atom. The summed E-state index contributed by atoms with van der Waals surface area (Å²) in [5.74, 6) is 1.27. The van der Waals surface area contributed by atoms with E-state index in [-0.39, 0.29) is 0 Å². The molecule has 192 valence electrons. The zero-order chi connectivity index (χ0) is 25.2. The molecule has 0 spiro atoms. The van der Waals surface area contributed by atoms with Crippen molar-refractivity contribution in [3.63, 3.8) is 0 Å². The van der Waals surface area contributed by atoms with Gasteiger partial charge in [-0.05, 0) is 37.2 Å². The molecule has 1 unspecified atom stereocenters. The Morgan fingerprint density at radius 2 is 1.78 bits per heavy atom. The smallest absolute Gasteiger partial charge is 0.224 e. The maximum atomic E-state index is 6.85. The van der Waals surface area contributed by atoms with Gasteiger partial charge in [0.15, 0.2) is 5.79 Å². The Bertz CT molecular complexity index is 1410. The maximum Gasteiger partial charge on any atom is 0.224 e. The van der Waals surface area contributed by atoms with E-state index in [0.29, 0.717) is 25.3 Å². The fourth-order valence-electron chi connectivity index (χ4n) is 5.01. The third-order valence-corrected chi connectivity index (χ3v) is 7.18. The van der Waals surface area contributed by atoms with E-state index in [2.05, 4.69) is 61.8 Å². The largest absolute Gasteiger partial charge is 0.361 e. The summed E-state index contributed by atoms with van der Waals surface area (Å²) in [5, 5.41) is 8.13. The maximum absolute atomic E-state index is 6.85. The number of rotatable bonds is 6. The summed E-state index contributed by atoms with van der Waals surface area (Å²) in [4.78, 5) is 25.7. The molecule has 4 aromatic rings. The second-order valence-electron chi connectivity index (χ2n) is 9.95. The average Bonchev–Trinajstić information content (AvgIpc) is 3.52. The van der Waals surface area contributed by atoms with Gasteiger partial charge in [0.25, 0.3) is 0 Å². The lowest BCUT2D eigenvalue weighted by Gasteiger charge is -2.39. The van der Waals surface area contributed by atoms with Crippen LogP contribution in [-0.2, 0) is 12.8 Å². The van der Waals surface area contributed by atoms with E-state index in [0.717, 1.165) is 60.9 Å². The predicted molar refractivity (Wildman–Crippen MR) is 148 cm³/mol. The van der Waals surface area contributed by atoms with E-state index in [1.165, 1.54) is 10.9 Å². The number of aromatic amines is 2. The van der Waals surface area contributed by atoms with Gasteiger partial charge < -0.3 is 30.4 Å². The van der Waals surface area contributed by atoms with E-state index in [9.17, 15) is 0 Å². The monoisotopic (exact) mass is 498 g/mol. The molecule has 2 aromatic heterocycles. The zero-order valence-corrected chi connectivity index (χ0v) is 21.2. The lowest BCUT2D eigenvalue weighted by atomic mass is 10.1. The van der Waals surface area contributed by atoms with Crippen LogP contribution in [0.5, 0.6) is 0 Å². The molecule has 37 heavy (non-hydrogen) atoms. The SMILES string of the molecule is CN1CCN(C2=NC(NCCc3c[nH]c4ccccc34)=NC(N)(CCc3nc4ccccc4[nH]3)N2)CC1. The standard InChI is InChI=1S/C27H34N10/c1-36-14-16-37(17-15-36)26-33-25(29-13-11-19-18-30-21-7-3-2-6-20(19)21)34-27(28,35-26)12-10-24-31-22-8-4-5-9-23(22)32-24/h2-9,18,30H,10-17,28H2,1H3,(H,31,32)(H2,29,33,34,35). The van der Waals surface area contributed by atoms with Crippen molar-refractivity contribution in [2.45, 2.75) is 25.0 Å². The van der Waals surface area contributed by atoms with Gasteiger partial charge in [-0.2, -0.15) is 4.99 Å². The van der Waals surface area contributed by atoms with Crippen LogP contribution in [0.15, 0.2) is 64.7 Å². The van der Waals surface area contributed by atoms with Gasteiger partial charge in [-0.3, -0.25) is 5.73 Å². The van der Waals surface area contributed by atoms with Crippen LogP contribution in [0.3, 0.4) is 0 Å². The first-order valence-electron chi connectivity index (χ1n) is 13.0. The Labute approximate surface area is 216 Å². The summed E-state index contributed by atoms with van der Waals surface area (Å²) in [6.07, 6.45) is 4.18. The molecule has 0 radical (unpaired) electrons. The van der Waals surface area contributed by atoms with Crippen molar-refractivity contribution in [1.29, 1.82) is 0 Å². The van der Waals surface area contributed by atoms with E-state index >= 15 is 0 Å². The number of nitrogens with two attached hydrogens (primary N) is 1. The summed E-state index contributed by atoms with van der Waals surface area (Å²) in [5.41, 5.74) is 11.3. The minimum Gasteiger partial charge on any atom is -0.361 e. The zero-order valence-electron chi connectivity index (χ0n) is 21.2. The Morgan fingerprint density at radius 3 is 2.62 bits per heavy atom. The van der Waals surface area contributed by atoms with E-state index < -0.39 is 5.79 Å². The van der Waals surface area contributed by atoms with E-state index in [4.69, 9.17) is 20.7 Å². The molecule has 0 bridgehead atoms. The second-order valence-corrected chi connectivity index (χ2v) is 9.95. The summed E-state index contributed by atoms with van der Waals surface area (Å²) in [7, 11) is 2.15. The van der Waals surface area contributed by atoms with Crippen LogP contribution < -0.4 is 16.4 Å². The predicted octanol–water partition coefficient (Wildman–Crippen LogP) is 1.98. The number of benzene rings is 2. The molecule has 1 fully saturated rings. The number of piperazine rings is 1. The fourth-order valence-corrected chi connectivity index (χ4v) is 5.01. The van der Waals surface area contributed by atoms with Crippen LogP contribution >= 0.6 is 0 Å². The molecule has 1 atom stereocenters. The highest BCUT2D eigenvalue weighted by Crippen LogP contribution is 2.19. The fraction of sp³-hybridized carbons (Fsp3) is 0.370. The van der Waals surface area contributed by atoms with Crippen molar-refractivity contribution < 1.29 is 0 Å². The first-order chi connectivity index (χ1) is 18.0. The van der Waals surface area contributed by atoms with Crippen LogP contribution in [0.4, 0.5) is 0 Å². The van der Waals surface area contributed by atoms with Gasteiger partial charge in [-0.1, -0.05) is 30.3 Å². The number of fused-ring (bicyclic) bond motifs is 2.